The summed E-state index contributed by atoms with van der Waals surface area (Å²) in [5.74, 6) is -2.04. The number of amides is 1. The van der Waals surface area contributed by atoms with Gasteiger partial charge in [-0.15, -0.1) is 0 Å². The lowest BCUT2D eigenvalue weighted by Crippen LogP contribution is -2.17. The van der Waals surface area contributed by atoms with Gasteiger partial charge in [-0.3, -0.25) is 9.36 Å². The molecule has 3 aromatic rings. The molecule has 0 radical (unpaired) electrons. The minimum Gasteiger partial charge on any atom is -0.375 e. The normalized spacial score (nSPS) is 10.8. The SMILES string of the molecule is COCC(=O)Nc1ccc(-n2ccnc2-c2cccc(F)c2F)cc1Cl. The van der Waals surface area contributed by atoms with E-state index in [1.165, 1.54) is 25.4 Å². The van der Waals surface area contributed by atoms with E-state index in [-0.39, 0.29) is 28.9 Å². The zero-order valence-electron chi connectivity index (χ0n) is 13.7. The van der Waals surface area contributed by atoms with Crippen molar-refractivity contribution in [3.05, 3.63) is 65.4 Å². The number of ether oxygens (including phenoxy) is 1. The number of rotatable bonds is 5. The molecule has 26 heavy (non-hydrogen) atoms. The lowest BCUT2D eigenvalue weighted by atomic mass is 10.2. The second-order valence-electron chi connectivity index (χ2n) is 5.37. The van der Waals surface area contributed by atoms with Gasteiger partial charge in [-0.25, -0.2) is 13.8 Å². The lowest BCUT2D eigenvalue weighted by Gasteiger charge is -2.12. The predicted octanol–water partition coefficient (Wildman–Crippen LogP) is 4.06. The summed E-state index contributed by atoms with van der Waals surface area (Å²) in [5.41, 5.74) is 1.02. The Balaban J connectivity index is 1.96. The van der Waals surface area contributed by atoms with E-state index in [4.69, 9.17) is 16.3 Å². The number of benzene rings is 2. The summed E-state index contributed by atoms with van der Waals surface area (Å²) < 4.78 is 34.0. The van der Waals surface area contributed by atoms with Gasteiger partial charge < -0.3 is 10.1 Å². The van der Waals surface area contributed by atoms with Gasteiger partial charge in [0.15, 0.2) is 11.6 Å². The molecule has 1 amide bonds. The number of hydrogen-bond acceptors (Lipinski definition) is 3. The zero-order chi connectivity index (χ0) is 18.7. The molecule has 1 N–H and O–H groups in total. The van der Waals surface area contributed by atoms with Gasteiger partial charge in [0.25, 0.3) is 0 Å². The van der Waals surface area contributed by atoms with E-state index in [0.717, 1.165) is 6.07 Å². The van der Waals surface area contributed by atoms with Crippen molar-refractivity contribution >= 4 is 23.2 Å². The van der Waals surface area contributed by atoms with Crippen LogP contribution in [0.15, 0.2) is 48.8 Å². The van der Waals surface area contributed by atoms with Crippen LogP contribution in [-0.4, -0.2) is 29.2 Å². The summed E-state index contributed by atoms with van der Waals surface area (Å²) in [5, 5.41) is 2.90. The van der Waals surface area contributed by atoms with Crippen LogP contribution in [0.3, 0.4) is 0 Å². The highest BCUT2D eigenvalue weighted by Crippen LogP contribution is 2.29. The Morgan fingerprint density at radius 1 is 1.31 bits per heavy atom. The lowest BCUT2D eigenvalue weighted by molar-refractivity contribution is -0.119. The van der Waals surface area contributed by atoms with Crippen molar-refractivity contribution < 1.29 is 18.3 Å². The first kappa shape index (κ1) is 18.0. The van der Waals surface area contributed by atoms with Crippen molar-refractivity contribution in [1.82, 2.24) is 9.55 Å². The minimum atomic E-state index is -0.977. The molecule has 0 atom stereocenters. The van der Waals surface area contributed by atoms with Crippen molar-refractivity contribution in [1.29, 1.82) is 0 Å². The number of carbonyl (C=O) groups excluding carboxylic acids is 1. The minimum absolute atomic E-state index is 0.0311. The number of nitrogens with one attached hydrogen (secondary N) is 1. The third-order valence-corrected chi connectivity index (χ3v) is 3.93. The van der Waals surface area contributed by atoms with Crippen LogP contribution in [0.4, 0.5) is 14.5 Å². The predicted molar refractivity (Wildman–Crippen MR) is 94.4 cm³/mol. The smallest absolute Gasteiger partial charge is 0.250 e. The molecule has 5 nitrogen and oxygen atoms in total. The number of halogens is 3. The molecule has 0 aliphatic heterocycles. The Bertz CT molecular complexity index is 959. The van der Waals surface area contributed by atoms with Crippen LogP contribution in [0.2, 0.25) is 5.02 Å². The Hall–Kier alpha value is -2.77. The van der Waals surface area contributed by atoms with Crippen LogP contribution in [-0.2, 0) is 9.53 Å². The molecule has 0 fully saturated rings. The van der Waals surface area contributed by atoms with E-state index in [9.17, 15) is 13.6 Å². The molecule has 0 saturated heterocycles. The fraction of sp³-hybridized carbons (Fsp3) is 0.111. The average Bonchev–Trinajstić information content (AvgIpc) is 3.09. The maximum absolute atomic E-state index is 14.1. The highest BCUT2D eigenvalue weighted by atomic mass is 35.5. The maximum atomic E-state index is 14.1. The molecule has 3 rings (SSSR count). The van der Waals surface area contributed by atoms with Crippen LogP contribution < -0.4 is 5.32 Å². The van der Waals surface area contributed by atoms with E-state index in [2.05, 4.69) is 10.3 Å². The fourth-order valence-corrected chi connectivity index (χ4v) is 2.68. The van der Waals surface area contributed by atoms with Gasteiger partial charge in [-0.2, -0.15) is 0 Å². The van der Waals surface area contributed by atoms with E-state index >= 15 is 0 Å². The molecule has 2 aromatic carbocycles. The number of nitrogens with zero attached hydrogens (tertiary/aromatic N) is 2. The van der Waals surface area contributed by atoms with Gasteiger partial charge >= 0.3 is 0 Å². The summed E-state index contributed by atoms with van der Waals surface area (Å²) in [6.45, 7) is -0.0946. The summed E-state index contributed by atoms with van der Waals surface area (Å²) in [6.07, 6.45) is 3.08. The molecule has 8 heteroatoms. The summed E-state index contributed by atoms with van der Waals surface area (Å²) >= 11 is 6.22. The van der Waals surface area contributed by atoms with Crippen molar-refractivity contribution in [3.63, 3.8) is 0 Å². The number of carbonyl (C=O) groups is 1. The second-order valence-corrected chi connectivity index (χ2v) is 5.77. The van der Waals surface area contributed by atoms with Gasteiger partial charge in [0.05, 0.1) is 16.3 Å². The van der Waals surface area contributed by atoms with Gasteiger partial charge in [-0.05, 0) is 30.3 Å². The second kappa shape index (κ2) is 7.63. The first-order valence-corrected chi connectivity index (χ1v) is 7.95. The fourth-order valence-electron chi connectivity index (χ4n) is 2.46. The standard InChI is InChI=1S/C18H14ClF2N3O2/c1-26-10-16(25)23-15-6-5-11(9-13(15)19)24-8-7-22-18(24)12-3-2-4-14(20)17(12)21/h2-9H,10H2,1H3,(H,23,25). The molecular weight excluding hydrogens is 364 g/mol. The molecule has 134 valence electrons. The third kappa shape index (κ3) is 3.58. The maximum Gasteiger partial charge on any atom is 0.250 e. The molecule has 0 unspecified atom stereocenters. The van der Waals surface area contributed by atoms with Crippen molar-refractivity contribution in [3.8, 4) is 17.1 Å². The molecule has 0 aliphatic rings. The van der Waals surface area contributed by atoms with Crippen LogP contribution in [0, 0.1) is 11.6 Å². The molecule has 0 spiro atoms. The third-order valence-electron chi connectivity index (χ3n) is 3.61. The van der Waals surface area contributed by atoms with Crippen LogP contribution >= 0.6 is 11.6 Å². The zero-order valence-corrected chi connectivity index (χ0v) is 14.4. The van der Waals surface area contributed by atoms with E-state index in [0.29, 0.717) is 11.4 Å². The van der Waals surface area contributed by atoms with Crippen LogP contribution in [0.1, 0.15) is 0 Å². The quantitative estimate of drug-likeness (QED) is 0.729. The van der Waals surface area contributed by atoms with E-state index < -0.39 is 11.6 Å². The van der Waals surface area contributed by atoms with E-state index in [1.54, 1.807) is 29.0 Å². The Labute approximate surface area is 153 Å². The first-order chi connectivity index (χ1) is 12.5. The van der Waals surface area contributed by atoms with Crippen molar-refractivity contribution in [2.75, 3.05) is 19.0 Å². The Morgan fingerprint density at radius 3 is 2.85 bits per heavy atom. The van der Waals surface area contributed by atoms with Gasteiger partial charge in [0.1, 0.15) is 12.4 Å². The molecular formula is C18H14ClF2N3O2. The van der Waals surface area contributed by atoms with Gasteiger partial charge in [-0.1, -0.05) is 17.7 Å². The summed E-state index contributed by atoms with van der Waals surface area (Å²) in [4.78, 5) is 15.7. The molecule has 0 aliphatic carbocycles. The highest BCUT2D eigenvalue weighted by molar-refractivity contribution is 6.33. The number of anilines is 1. The molecule has 0 saturated carbocycles. The average molecular weight is 378 g/mol. The van der Waals surface area contributed by atoms with Crippen LogP contribution in [0.5, 0.6) is 0 Å². The molecule has 1 aromatic heterocycles. The number of hydrogen-bond donors (Lipinski definition) is 1. The number of aromatic nitrogens is 2. The van der Waals surface area contributed by atoms with Gasteiger partial charge in [0, 0.05) is 25.2 Å². The van der Waals surface area contributed by atoms with Crippen molar-refractivity contribution in [2.24, 2.45) is 0 Å². The van der Waals surface area contributed by atoms with Crippen molar-refractivity contribution in [2.45, 2.75) is 0 Å². The number of methoxy groups -OCH3 is 1. The summed E-state index contributed by atoms with van der Waals surface area (Å²) in [7, 11) is 1.41. The van der Waals surface area contributed by atoms with E-state index in [1.807, 2.05) is 0 Å². The number of imidazole rings is 1. The molecule has 1 heterocycles. The van der Waals surface area contributed by atoms with Crippen LogP contribution in [0.25, 0.3) is 17.1 Å². The summed E-state index contributed by atoms with van der Waals surface area (Å²) in [6, 6.07) is 8.77. The largest absolute Gasteiger partial charge is 0.375 e. The van der Waals surface area contributed by atoms with Gasteiger partial charge in [0.2, 0.25) is 5.91 Å². The first-order valence-electron chi connectivity index (χ1n) is 7.57. The Morgan fingerprint density at radius 2 is 2.12 bits per heavy atom. The topological polar surface area (TPSA) is 56.1 Å². The highest BCUT2D eigenvalue weighted by Gasteiger charge is 2.16. The molecule has 0 bridgehead atoms. The monoisotopic (exact) mass is 377 g/mol. The Kier molecular flexibility index (Phi) is 5.29.